The minimum absolute atomic E-state index is 0.111. The summed E-state index contributed by atoms with van der Waals surface area (Å²) >= 11 is 6.10. The summed E-state index contributed by atoms with van der Waals surface area (Å²) < 4.78 is 5.98. The van der Waals surface area contributed by atoms with E-state index in [1.54, 1.807) is 0 Å². The Bertz CT molecular complexity index is 934. The van der Waals surface area contributed by atoms with E-state index >= 15 is 0 Å². The molecule has 4 rings (SSSR count). The topological polar surface area (TPSA) is 45.4 Å². The van der Waals surface area contributed by atoms with Crippen LogP contribution in [0.4, 0.5) is 0 Å². The minimum Gasteiger partial charge on any atom is -0.419 e. The van der Waals surface area contributed by atoms with Crippen LogP contribution < -0.4 is 0 Å². The monoisotopic (exact) mass is 396 g/mol. The van der Waals surface area contributed by atoms with Crippen LogP contribution in [0.2, 0.25) is 5.02 Å². The van der Waals surface area contributed by atoms with Gasteiger partial charge in [-0.05, 0) is 43.7 Å². The Morgan fingerprint density at radius 1 is 1.04 bits per heavy atom. The lowest BCUT2D eigenvalue weighted by atomic mass is 10.1. The van der Waals surface area contributed by atoms with Gasteiger partial charge in [-0.25, -0.2) is 0 Å². The SMILES string of the molecule is Cc1cccc(-c2nnc([C@@H](C)N3CCN(Cc4cccc(Cl)c4)CC3)o2)c1. The van der Waals surface area contributed by atoms with Gasteiger partial charge in [0, 0.05) is 43.3 Å². The average Bonchev–Trinajstić information content (AvgIpc) is 3.18. The van der Waals surface area contributed by atoms with Gasteiger partial charge in [-0.1, -0.05) is 41.4 Å². The van der Waals surface area contributed by atoms with Crippen molar-refractivity contribution in [2.24, 2.45) is 0 Å². The van der Waals surface area contributed by atoms with E-state index < -0.39 is 0 Å². The minimum atomic E-state index is 0.111. The van der Waals surface area contributed by atoms with Gasteiger partial charge in [0.2, 0.25) is 11.8 Å². The van der Waals surface area contributed by atoms with Crippen LogP contribution in [0.3, 0.4) is 0 Å². The van der Waals surface area contributed by atoms with Crippen LogP contribution in [-0.4, -0.2) is 46.2 Å². The molecule has 0 aliphatic carbocycles. The lowest BCUT2D eigenvalue weighted by molar-refractivity contribution is 0.0876. The number of hydrogen-bond donors (Lipinski definition) is 0. The average molecular weight is 397 g/mol. The first-order chi connectivity index (χ1) is 13.6. The molecule has 28 heavy (non-hydrogen) atoms. The van der Waals surface area contributed by atoms with E-state index in [-0.39, 0.29) is 6.04 Å². The van der Waals surface area contributed by atoms with Crippen LogP contribution in [0.15, 0.2) is 52.9 Å². The first-order valence-corrected chi connectivity index (χ1v) is 10.1. The third kappa shape index (κ3) is 4.43. The van der Waals surface area contributed by atoms with Crippen LogP contribution >= 0.6 is 11.6 Å². The molecule has 1 fully saturated rings. The van der Waals surface area contributed by atoms with Crippen LogP contribution in [0, 0.1) is 6.92 Å². The highest BCUT2D eigenvalue weighted by Crippen LogP contribution is 2.25. The lowest BCUT2D eigenvalue weighted by Crippen LogP contribution is -2.46. The normalized spacial score (nSPS) is 17.0. The first-order valence-electron chi connectivity index (χ1n) is 9.70. The Morgan fingerprint density at radius 3 is 2.57 bits per heavy atom. The molecule has 1 atom stereocenters. The summed E-state index contributed by atoms with van der Waals surface area (Å²) in [5, 5.41) is 9.36. The quantitative estimate of drug-likeness (QED) is 0.631. The van der Waals surface area contributed by atoms with Gasteiger partial charge in [-0.15, -0.1) is 10.2 Å². The maximum atomic E-state index is 6.10. The molecule has 0 saturated carbocycles. The van der Waals surface area contributed by atoms with E-state index in [0.717, 1.165) is 43.3 Å². The van der Waals surface area contributed by atoms with Crippen molar-refractivity contribution in [1.82, 2.24) is 20.0 Å². The second kappa shape index (κ2) is 8.43. The smallest absolute Gasteiger partial charge is 0.247 e. The van der Waals surface area contributed by atoms with Crippen molar-refractivity contribution in [2.75, 3.05) is 26.2 Å². The fourth-order valence-electron chi connectivity index (χ4n) is 3.66. The fourth-order valence-corrected chi connectivity index (χ4v) is 3.87. The summed E-state index contributed by atoms with van der Waals surface area (Å²) in [5.41, 5.74) is 3.41. The zero-order valence-corrected chi connectivity index (χ0v) is 17.1. The van der Waals surface area contributed by atoms with Crippen molar-refractivity contribution in [3.05, 3.63) is 70.6 Å². The van der Waals surface area contributed by atoms with E-state index in [9.17, 15) is 0 Å². The van der Waals surface area contributed by atoms with Crippen molar-refractivity contribution in [2.45, 2.75) is 26.4 Å². The van der Waals surface area contributed by atoms with E-state index in [0.29, 0.717) is 11.8 Å². The summed E-state index contributed by atoms with van der Waals surface area (Å²) in [4.78, 5) is 4.86. The molecule has 1 aromatic heterocycles. The lowest BCUT2D eigenvalue weighted by Gasteiger charge is -2.36. The molecule has 146 valence electrons. The second-order valence-electron chi connectivity index (χ2n) is 7.43. The number of aromatic nitrogens is 2. The number of piperazine rings is 1. The Labute approximate surface area is 170 Å². The molecule has 6 heteroatoms. The molecule has 0 radical (unpaired) electrons. The summed E-state index contributed by atoms with van der Waals surface area (Å²) in [6.45, 7) is 9.10. The maximum Gasteiger partial charge on any atom is 0.247 e. The molecular formula is C22H25ClN4O. The van der Waals surface area contributed by atoms with Crippen LogP contribution in [0.25, 0.3) is 11.5 Å². The standard InChI is InChI=1S/C22H25ClN4O/c1-16-5-3-7-19(13-16)22-25-24-21(28-22)17(2)27-11-9-26(10-12-27)15-18-6-4-8-20(23)14-18/h3-8,13-14,17H,9-12,15H2,1-2H3/t17-/m1/s1. The van der Waals surface area contributed by atoms with Gasteiger partial charge in [-0.3, -0.25) is 9.80 Å². The molecule has 1 aliphatic rings. The van der Waals surface area contributed by atoms with Crippen LogP contribution in [-0.2, 0) is 6.54 Å². The molecule has 2 heterocycles. The Morgan fingerprint density at radius 2 is 1.82 bits per heavy atom. The van der Waals surface area contributed by atoms with E-state index in [2.05, 4.69) is 52.0 Å². The highest BCUT2D eigenvalue weighted by molar-refractivity contribution is 6.30. The van der Waals surface area contributed by atoms with Gasteiger partial charge in [0.05, 0.1) is 6.04 Å². The van der Waals surface area contributed by atoms with Crippen LogP contribution in [0.5, 0.6) is 0 Å². The van der Waals surface area contributed by atoms with Gasteiger partial charge in [0.1, 0.15) is 0 Å². The summed E-state index contributed by atoms with van der Waals surface area (Å²) in [6.07, 6.45) is 0. The maximum absolute atomic E-state index is 6.10. The molecule has 5 nitrogen and oxygen atoms in total. The number of hydrogen-bond acceptors (Lipinski definition) is 5. The van der Waals surface area contributed by atoms with E-state index in [1.807, 2.05) is 30.3 Å². The second-order valence-corrected chi connectivity index (χ2v) is 7.87. The third-order valence-electron chi connectivity index (χ3n) is 5.31. The van der Waals surface area contributed by atoms with Gasteiger partial charge in [-0.2, -0.15) is 0 Å². The molecule has 0 N–H and O–H groups in total. The number of benzene rings is 2. The van der Waals surface area contributed by atoms with E-state index in [4.69, 9.17) is 16.0 Å². The van der Waals surface area contributed by atoms with Crippen LogP contribution in [0.1, 0.15) is 30.0 Å². The molecule has 0 amide bonds. The van der Waals surface area contributed by atoms with E-state index in [1.165, 1.54) is 11.1 Å². The predicted octanol–water partition coefficient (Wildman–Crippen LogP) is 4.58. The van der Waals surface area contributed by atoms with Crippen molar-refractivity contribution in [3.63, 3.8) is 0 Å². The molecule has 0 spiro atoms. The van der Waals surface area contributed by atoms with Gasteiger partial charge in [0.15, 0.2) is 0 Å². The largest absolute Gasteiger partial charge is 0.419 e. The predicted molar refractivity (Wildman–Crippen MR) is 111 cm³/mol. The molecule has 0 bridgehead atoms. The molecule has 2 aromatic carbocycles. The molecule has 3 aromatic rings. The van der Waals surface area contributed by atoms with Gasteiger partial charge < -0.3 is 4.42 Å². The summed E-state index contributed by atoms with van der Waals surface area (Å²) in [6, 6.07) is 16.4. The van der Waals surface area contributed by atoms with Crippen molar-refractivity contribution >= 4 is 11.6 Å². The number of nitrogens with zero attached hydrogens (tertiary/aromatic N) is 4. The Kier molecular flexibility index (Phi) is 5.76. The number of halogens is 1. The highest BCUT2D eigenvalue weighted by atomic mass is 35.5. The summed E-state index contributed by atoms with van der Waals surface area (Å²) in [5.74, 6) is 1.27. The molecule has 1 aliphatic heterocycles. The van der Waals surface area contributed by atoms with Crippen molar-refractivity contribution in [1.29, 1.82) is 0 Å². The molecule has 0 unspecified atom stereocenters. The van der Waals surface area contributed by atoms with Crippen molar-refractivity contribution in [3.8, 4) is 11.5 Å². The first kappa shape index (κ1) is 19.1. The molecule has 1 saturated heterocycles. The Hall–Kier alpha value is -2.21. The highest BCUT2D eigenvalue weighted by Gasteiger charge is 2.25. The van der Waals surface area contributed by atoms with Gasteiger partial charge in [0.25, 0.3) is 0 Å². The van der Waals surface area contributed by atoms with Crippen molar-refractivity contribution < 1.29 is 4.42 Å². The fraction of sp³-hybridized carbons (Fsp3) is 0.364. The Balaban J connectivity index is 1.36. The zero-order chi connectivity index (χ0) is 19.5. The van der Waals surface area contributed by atoms with Gasteiger partial charge >= 0.3 is 0 Å². The summed E-state index contributed by atoms with van der Waals surface area (Å²) in [7, 11) is 0. The zero-order valence-electron chi connectivity index (χ0n) is 16.3. The number of rotatable bonds is 5. The third-order valence-corrected chi connectivity index (χ3v) is 5.55. The number of aryl methyl sites for hydroxylation is 1. The molecular weight excluding hydrogens is 372 g/mol.